The molecular weight excluding hydrogens is 237 g/mol. The number of halogens is 2. The molecule has 1 N–H and O–H groups in total. The molecule has 0 aromatic heterocycles. The third-order valence-electron chi connectivity index (χ3n) is 3.51. The van der Waals surface area contributed by atoms with Crippen LogP contribution in [0.2, 0.25) is 5.02 Å². The van der Waals surface area contributed by atoms with Crippen LogP contribution in [0, 0.1) is 5.92 Å². The van der Waals surface area contributed by atoms with E-state index in [0.29, 0.717) is 16.5 Å². The summed E-state index contributed by atoms with van der Waals surface area (Å²) in [7, 11) is 0. The molecule has 1 aromatic rings. The Morgan fingerprint density at radius 1 is 1.41 bits per heavy atom. The van der Waals surface area contributed by atoms with E-state index in [2.05, 4.69) is 5.32 Å². The minimum atomic E-state index is -0.986. The molecule has 1 atom stereocenters. The Hall–Kier alpha value is -0.600. The molecule has 2 rings (SSSR count). The fourth-order valence-electron chi connectivity index (χ4n) is 2.60. The first-order valence-electron chi connectivity index (χ1n) is 6.30. The molecule has 1 unspecified atom stereocenters. The zero-order chi connectivity index (χ0) is 12.3. The van der Waals surface area contributed by atoms with Crippen molar-refractivity contribution in [2.45, 2.75) is 32.4 Å². The summed E-state index contributed by atoms with van der Waals surface area (Å²) >= 11 is 6.09. The molecule has 1 heterocycles. The number of rotatable bonds is 3. The second-order valence-electron chi connectivity index (χ2n) is 4.83. The molecule has 1 aliphatic heterocycles. The van der Waals surface area contributed by atoms with E-state index in [4.69, 9.17) is 11.6 Å². The molecule has 0 radical (unpaired) electrons. The van der Waals surface area contributed by atoms with E-state index in [1.54, 1.807) is 13.0 Å². The monoisotopic (exact) mass is 255 g/mol. The van der Waals surface area contributed by atoms with Crippen LogP contribution >= 0.6 is 11.6 Å². The Morgan fingerprint density at radius 2 is 2.12 bits per heavy atom. The maximum absolute atomic E-state index is 13.6. The van der Waals surface area contributed by atoms with E-state index in [0.717, 1.165) is 25.1 Å². The van der Waals surface area contributed by atoms with E-state index in [1.807, 2.05) is 12.1 Å². The number of piperidine rings is 1. The van der Waals surface area contributed by atoms with Crippen molar-refractivity contribution in [1.82, 2.24) is 5.32 Å². The third kappa shape index (κ3) is 3.20. The molecule has 1 aliphatic rings. The van der Waals surface area contributed by atoms with Crippen molar-refractivity contribution in [3.63, 3.8) is 0 Å². The van der Waals surface area contributed by atoms with Crippen molar-refractivity contribution in [2.75, 3.05) is 13.1 Å². The van der Waals surface area contributed by atoms with Gasteiger partial charge < -0.3 is 5.32 Å². The van der Waals surface area contributed by atoms with Gasteiger partial charge in [-0.15, -0.1) is 0 Å². The van der Waals surface area contributed by atoms with Gasteiger partial charge in [0.15, 0.2) is 0 Å². The standard InChI is InChI=1S/C14H19ClFN/c1-10(16)14-12(3-2-4-13(14)15)9-11-5-7-17-8-6-11/h2-4,10-11,17H,5-9H2,1H3. The first-order chi connectivity index (χ1) is 8.18. The zero-order valence-corrected chi connectivity index (χ0v) is 10.9. The van der Waals surface area contributed by atoms with Crippen molar-refractivity contribution in [3.8, 4) is 0 Å². The predicted molar refractivity (Wildman–Crippen MR) is 70.3 cm³/mol. The van der Waals surface area contributed by atoms with Gasteiger partial charge >= 0.3 is 0 Å². The van der Waals surface area contributed by atoms with Gasteiger partial charge in [0.25, 0.3) is 0 Å². The normalized spacial score (nSPS) is 19.2. The highest BCUT2D eigenvalue weighted by Gasteiger charge is 2.18. The van der Waals surface area contributed by atoms with Crippen molar-refractivity contribution in [3.05, 3.63) is 34.3 Å². The third-order valence-corrected chi connectivity index (χ3v) is 3.84. The van der Waals surface area contributed by atoms with Crippen LogP contribution in [-0.2, 0) is 6.42 Å². The number of nitrogens with one attached hydrogen (secondary N) is 1. The molecule has 1 fully saturated rings. The maximum Gasteiger partial charge on any atom is 0.124 e. The summed E-state index contributed by atoms with van der Waals surface area (Å²) in [5.41, 5.74) is 1.77. The molecular formula is C14H19ClFN. The summed E-state index contributed by atoms with van der Waals surface area (Å²) in [6.07, 6.45) is 2.31. The maximum atomic E-state index is 13.6. The molecule has 94 valence electrons. The van der Waals surface area contributed by atoms with E-state index in [1.165, 1.54) is 12.8 Å². The highest BCUT2D eigenvalue weighted by molar-refractivity contribution is 6.31. The van der Waals surface area contributed by atoms with Gasteiger partial charge in [0.05, 0.1) is 0 Å². The molecule has 0 amide bonds. The van der Waals surface area contributed by atoms with Gasteiger partial charge in [-0.05, 0) is 56.8 Å². The average Bonchev–Trinajstić information content (AvgIpc) is 2.30. The molecule has 0 aliphatic carbocycles. The topological polar surface area (TPSA) is 12.0 Å². The second kappa shape index (κ2) is 5.83. The van der Waals surface area contributed by atoms with Gasteiger partial charge in [-0.25, -0.2) is 4.39 Å². The van der Waals surface area contributed by atoms with Crippen LogP contribution in [0.4, 0.5) is 4.39 Å². The highest BCUT2D eigenvalue weighted by atomic mass is 35.5. The predicted octanol–water partition coefficient (Wildman–Crippen LogP) is 3.91. The van der Waals surface area contributed by atoms with Gasteiger partial charge in [0.1, 0.15) is 6.17 Å². The largest absolute Gasteiger partial charge is 0.317 e. The Bertz CT molecular complexity index is 372. The molecule has 1 aromatic carbocycles. The van der Waals surface area contributed by atoms with Gasteiger partial charge in [-0.3, -0.25) is 0 Å². The molecule has 17 heavy (non-hydrogen) atoms. The fourth-order valence-corrected chi connectivity index (χ4v) is 2.95. The molecule has 1 saturated heterocycles. The van der Waals surface area contributed by atoms with E-state index < -0.39 is 6.17 Å². The van der Waals surface area contributed by atoms with Crippen LogP contribution < -0.4 is 5.32 Å². The van der Waals surface area contributed by atoms with Gasteiger partial charge in [-0.2, -0.15) is 0 Å². The lowest BCUT2D eigenvalue weighted by atomic mass is 9.88. The zero-order valence-electron chi connectivity index (χ0n) is 10.2. The number of benzene rings is 1. The Kier molecular flexibility index (Phi) is 4.41. The smallest absolute Gasteiger partial charge is 0.124 e. The van der Waals surface area contributed by atoms with E-state index >= 15 is 0 Å². The lowest BCUT2D eigenvalue weighted by Gasteiger charge is -2.24. The van der Waals surface area contributed by atoms with Crippen LogP contribution in [-0.4, -0.2) is 13.1 Å². The Morgan fingerprint density at radius 3 is 2.76 bits per heavy atom. The fraction of sp³-hybridized carbons (Fsp3) is 0.571. The number of hydrogen-bond acceptors (Lipinski definition) is 1. The van der Waals surface area contributed by atoms with Gasteiger partial charge in [0, 0.05) is 10.6 Å². The lowest BCUT2D eigenvalue weighted by Crippen LogP contribution is -2.28. The minimum absolute atomic E-state index is 0.562. The van der Waals surface area contributed by atoms with Crippen molar-refractivity contribution in [1.29, 1.82) is 0 Å². The highest BCUT2D eigenvalue weighted by Crippen LogP contribution is 2.31. The molecule has 0 saturated carbocycles. The van der Waals surface area contributed by atoms with Crippen molar-refractivity contribution >= 4 is 11.6 Å². The molecule has 3 heteroatoms. The van der Waals surface area contributed by atoms with E-state index in [9.17, 15) is 4.39 Å². The number of hydrogen-bond donors (Lipinski definition) is 1. The summed E-state index contributed by atoms with van der Waals surface area (Å²) in [4.78, 5) is 0. The first kappa shape index (κ1) is 12.8. The van der Waals surface area contributed by atoms with Crippen molar-refractivity contribution < 1.29 is 4.39 Å². The quantitative estimate of drug-likeness (QED) is 0.864. The average molecular weight is 256 g/mol. The van der Waals surface area contributed by atoms with Crippen LogP contribution in [0.5, 0.6) is 0 Å². The minimum Gasteiger partial charge on any atom is -0.317 e. The Balaban J connectivity index is 2.16. The van der Waals surface area contributed by atoms with E-state index in [-0.39, 0.29) is 0 Å². The summed E-state index contributed by atoms with van der Waals surface area (Å²) in [6, 6.07) is 5.71. The van der Waals surface area contributed by atoms with Gasteiger partial charge in [0.2, 0.25) is 0 Å². The Labute approximate surface area is 107 Å². The van der Waals surface area contributed by atoms with Crippen LogP contribution in [0.1, 0.15) is 37.1 Å². The lowest BCUT2D eigenvalue weighted by molar-refractivity contribution is 0.355. The summed E-state index contributed by atoms with van der Waals surface area (Å²) in [5, 5.41) is 3.91. The van der Waals surface area contributed by atoms with Crippen molar-refractivity contribution in [2.24, 2.45) is 5.92 Å². The van der Waals surface area contributed by atoms with Gasteiger partial charge in [-0.1, -0.05) is 23.7 Å². The molecule has 0 spiro atoms. The molecule has 1 nitrogen and oxygen atoms in total. The SMILES string of the molecule is CC(F)c1c(Cl)cccc1CC1CCNCC1. The summed E-state index contributed by atoms with van der Waals surface area (Å²) in [6.45, 7) is 3.71. The van der Waals surface area contributed by atoms with Crippen LogP contribution in [0.25, 0.3) is 0 Å². The summed E-state index contributed by atoms with van der Waals surface area (Å²) < 4.78 is 13.6. The first-order valence-corrected chi connectivity index (χ1v) is 6.68. The molecule has 0 bridgehead atoms. The second-order valence-corrected chi connectivity index (χ2v) is 5.23. The number of alkyl halides is 1. The van der Waals surface area contributed by atoms with Crippen LogP contribution in [0.15, 0.2) is 18.2 Å². The summed E-state index contributed by atoms with van der Waals surface area (Å²) in [5.74, 6) is 0.659. The van der Waals surface area contributed by atoms with Crippen LogP contribution in [0.3, 0.4) is 0 Å².